The van der Waals surface area contributed by atoms with E-state index in [9.17, 15) is 4.79 Å². The summed E-state index contributed by atoms with van der Waals surface area (Å²) >= 11 is 0. The second kappa shape index (κ2) is 6.70. The largest absolute Gasteiger partial charge is 0.493 e. The van der Waals surface area contributed by atoms with Gasteiger partial charge in [0.05, 0.1) is 6.61 Å². The number of carbonyl (C=O) groups excluding carboxylic acids is 1. The molecular formula is C15H19O2P. The fraction of sp³-hybridized carbons (Fsp3) is 0.400. The molecule has 0 atom stereocenters. The Morgan fingerprint density at radius 2 is 2.11 bits per heavy atom. The van der Waals surface area contributed by atoms with Gasteiger partial charge in [0.1, 0.15) is 5.75 Å². The van der Waals surface area contributed by atoms with Crippen LogP contribution in [0.4, 0.5) is 0 Å². The number of ether oxygens (including phenoxy) is 1. The third kappa shape index (κ3) is 3.43. The normalized spacial score (nSPS) is 20.6. The Kier molecular flexibility index (Phi) is 4.95. The van der Waals surface area contributed by atoms with Crippen LogP contribution in [-0.2, 0) is 0 Å². The fourth-order valence-electron chi connectivity index (χ4n) is 2.19. The molecule has 0 unspecified atom stereocenters. The second-order valence-electron chi connectivity index (χ2n) is 4.62. The minimum absolute atomic E-state index is 0.663. The van der Waals surface area contributed by atoms with E-state index >= 15 is 0 Å². The second-order valence-corrected chi connectivity index (χ2v) is 6.12. The molecule has 0 aliphatic carbocycles. The molecule has 3 heteroatoms. The van der Waals surface area contributed by atoms with E-state index < -0.39 is 0 Å². The van der Waals surface area contributed by atoms with Gasteiger partial charge in [-0.25, -0.2) is 0 Å². The van der Waals surface area contributed by atoms with Crippen LogP contribution in [0, 0.1) is 5.92 Å². The minimum Gasteiger partial charge on any atom is -0.493 e. The van der Waals surface area contributed by atoms with Crippen molar-refractivity contribution in [3.63, 3.8) is 0 Å². The summed E-state index contributed by atoms with van der Waals surface area (Å²) in [5.74, 6) is 1.53. The molecule has 1 aliphatic rings. The lowest BCUT2D eigenvalue weighted by Gasteiger charge is -2.21. The Bertz CT molecular complexity index is 423. The molecule has 1 saturated heterocycles. The van der Waals surface area contributed by atoms with Gasteiger partial charge in [0.2, 0.25) is 0 Å². The first-order valence-electron chi connectivity index (χ1n) is 6.38. The fourth-order valence-corrected chi connectivity index (χ4v) is 3.66. The maximum absolute atomic E-state index is 10.8. The molecule has 0 aromatic heterocycles. The van der Waals surface area contributed by atoms with Gasteiger partial charge in [0.15, 0.2) is 6.29 Å². The van der Waals surface area contributed by atoms with Crippen molar-refractivity contribution in [3.05, 3.63) is 35.9 Å². The van der Waals surface area contributed by atoms with E-state index in [2.05, 4.69) is 6.58 Å². The maximum atomic E-state index is 10.8. The lowest BCUT2D eigenvalue weighted by atomic mass is 10.0. The lowest BCUT2D eigenvalue weighted by molar-refractivity contribution is 0.112. The Labute approximate surface area is 110 Å². The SMILES string of the molecule is C=Cc1cc(OCC2CCPCC2)ccc1C=O. The number of carbonyl (C=O) groups is 1. The van der Waals surface area contributed by atoms with Gasteiger partial charge in [-0.05, 0) is 54.8 Å². The Morgan fingerprint density at radius 3 is 2.78 bits per heavy atom. The molecule has 0 N–H and O–H groups in total. The Balaban J connectivity index is 1.96. The summed E-state index contributed by atoms with van der Waals surface area (Å²) in [4.78, 5) is 10.8. The van der Waals surface area contributed by atoms with Crippen LogP contribution in [0.2, 0.25) is 0 Å². The summed E-state index contributed by atoms with van der Waals surface area (Å²) in [6.45, 7) is 4.51. The van der Waals surface area contributed by atoms with Crippen molar-refractivity contribution in [2.75, 3.05) is 18.9 Å². The molecule has 1 aromatic rings. The summed E-state index contributed by atoms with van der Waals surface area (Å²) in [7, 11) is 1.15. The van der Waals surface area contributed by atoms with Crippen LogP contribution in [0.15, 0.2) is 24.8 Å². The van der Waals surface area contributed by atoms with Crippen LogP contribution in [0.1, 0.15) is 28.8 Å². The minimum atomic E-state index is 0.663. The van der Waals surface area contributed by atoms with Crippen LogP contribution < -0.4 is 4.74 Å². The summed E-state index contributed by atoms with van der Waals surface area (Å²) in [5.41, 5.74) is 1.50. The number of benzene rings is 1. The van der Waals surface area contributed by atoms with Gasteiger partial charge >= 0.3 is 0 Å². The van der Waals surface area contributed by atoms with Crippen molar-refractivity contribution in [1.82, 2.24) is 0 Å². The molecule has 96 valence electrons. The zero-order valence-electron chi connectivity index (χ0n) is 10.5. The Hall–Kier alpha value is -1.14. The van der Waals surface area contributed by atoms with E-state index in [0.717, 1.165) is 32.8 Å². The quantitative estimate of drug-likeness (QED) is 0.598. The predicted molar refractivity (Wildman–Crippen MR) is 78.2 cm³/mol. The summed E-state index contributed by atoms with van der Waals surface area (Å²) in [6.07, 6.45) is 7.84. The van der Waals surface area contributed by atoms with Crippen LogP contribution in [0.3, 0.4) is 0 Å². The standard InChI is InChI=1S/C15H19O2P/c1-2-13-9-15(4-3-14(13)10-16)17-11-12-5-7-18-8-6-12/h2-4,9-10,12,18H,1,5-8,11H2. The first-order valence-corrected chi connectivity index (χ1v) is 7.80. The molecule has 0 saturated carbocycles. The first kappa shape index (κ1) is 13.3. The third-order valence-corrected chi connectivity index (χ3v) is 4.63. The summed E-state index contributed by atoms with van der Waals surface area (Å²) in [5, 5.41) is 0. The van der Waals surface area contributed by atoms with E-state index in [1.165, 1.54) is 25.2 Å². The highest BCUT2D eigenvalue weighted by molar-refractivity contribution is 7.38. The average Bonchev–Trinajstić information content (AvgIpc) is 2.45. The average molecular weight is 262 g/mol. The zero-order valence-corrected chi connectivity index (χ0v) is 11.5. The molecule has 0 spiro atoms. The first-order chi connectivity index (χ1) is 8.83. The van der Waals surface area contributed by atoms with E-state index in [1.807, 2.05) is 12.1 Å². The van der Waals surface area contributed by atoms with Crippen molar-refractivity contribution < 1.29 is 9.53 Å². The monoisotopic (exact) mass is 262 g/mol. The number of aldehydes is 1. The van der Waals surface area contributed by atoms with Gasteiger partial charge in [0, 0.05) is 5.56 Å². The maximum Gasteiger partial charge on any atom is 0.150 e. The van der Waals surface area contributed by atoms with Gasteiger partial charge in [-0.2, -0.15) is 0 Å². The summed E-state index contributed by atoms with van der Waals surface area (Å²) in [6, 6.07) is 5.55. The highest BCUT2D eigenvalue weighted by Gasteiger charge is 2.14. The molecule has 1 aliphatic heterocycles. The van der Waals surface area contributed by atoms with Crippen molar-refractivity contribution in [2.24, 2.45) is 5.92 Å². The predicted octanol–water partition coefficient (Wildman–Crippen LogP) is 3.61. The van der Waals surface area contributed by atoms with E-state index in [-0.39, 0.29) is 0 Å². The van der Waals surface area contributed by atoms with Gasteiger partial charge < -0.3 is 4.74 Å². The molecular weight excluding hydrogens is 243 g/mol. The molecule has 1 heterocycles. The molecule has 0 radical (unpaired) electrons. The van der Waals surface area contributed by atoms with Crippen molar-refractivity contribution >= 4 is 20.9 Å². The van der Waals surface area contributed by atoms with Crippen LogP contribution in [-0.4, -0.2) is 25.2 Å². The van der Waals surface area contributed by atoms with Gasteiger partial charge in [-0.15, -0.1) is 8.58 Å². The Morgan fingerprint density at radius 1 is 1.33 bits per heavy atom. The molecule has 0 amide bonds. The van der Waals surface area contributed by atoms with Crippen LogP contribution >= 0.6 is 8.58 Å². The molecule has 1 aromatic carbocycles. The van der Waals surface area contributed by atoms with E-state index in [0.29, 0.717) is 11.5 Å². The summed E-state index contributed by atoms with van der Waals surface area (Å²) < 4.78 is 5.83. The highest BCUT2D eigenvalue weighted by Crippen LogP contribution is 2.28. The van der Waals surface area contributed by atoms with Crippen molar-refractivity contribution in [1.29, 1.82) is 0 Å². The van der Waals surface area contributed by atoms with Crippen molar-refractivity contribution in [2.45, 2.75) is 12.8 Å². The van der Waals surface area contributed by atoms with Crippen molar-refractivity contribution in [3.8, 4) is 5.75 Å². The van der Waals surface area contributed by atoms with E-state index in [1.54, 1.807) is 12.1 Å². The lowest BCUT2D eigenvalue weighted by Crippen LogP contribution is -2.16. The molecule has 1 fully saturated rings. The van der Waals surface area contributed by atoms with Gasteiger partial charge in [0.25, 0.3) is 0 Å². The molecule has 2 nitrogen and oxygen atoms in total. The molecule has 2 rings (SSSR count). The molecule has 18 heavy (non-hydrogen) atoms. The smallest absolute Gasteiger partial charge is 0.150 e. The van der Waals surface area contributed by atoms with Crippen LogP contribution in [0.25, 0.3) is 6.08 Å². The van der Waals surface area contributed by atoms with Gasteiger partial charge in [-0.3, -0.25) is 4.79 Å². The van der Waals surface area contributed by atoms with Gasteiger partial charge in [-0.1, -0.05) is 12.7 Å². The van der Waals surface area contributed by atoms with Crippen LogP contribution in [0.5, 0.6) is 5.75 Å². The highest BCUT2D eigenvalue weighted by atomic mass is 31.1. The zero-order chi connectivity index (χ0) is 12.8. The number of hydrogen-bond acceptors (Lipinski definition) is 2. The number of hydrogen-bond donors (Lipinski definition) is 0. The van der Waals surface area contributed by atoms with E-state index in [4.69, 9.17) is 4.74 Å². The third-order valence-electron chi connectivity index (χ3n) is 3.35. The number of rotatable bonds is 5. The topological polar surface area (TPSA) is 26.3 Å². The molecule has 0 bridgehead atoms.